The van der Waals surface area contributed by atoms with Crippen molar-refractivity contribution >= 4 is 17.4 Å². The van der Waals surface area contributed by atoms with E-state index in [9.17, 15) is 13.6 Å². The molecule has 5 nitrogen and oxygen atoms in total. The molecule has 0 saturated carbocycles. The third-order valence-corrected chi connectivity index (χ3v) is 4.93. The molecule has 1 aromatic carbocycles. The maximum Gasteiger partial charge on any atom is 0.317 e. The molecule has 1 aliphatic heterocycles. The number of ether oxygens (including phenoxy) is 1. The Morgan fingerprint density at radius 2 is 2.28 bits per heavy atom. The van der Waals surface area contributed by atoms with Crippen LogP contribution in [0.3, 0.4) is 0 Å². The number of aromatic nitrogens is 1. The number of nitrogens with zero attached hydrogens (tertiary/aromatic N) is 2. The maximum absolute atomic E-state index is 13.4. The Morgan fingerprint density at radius 1 is 1.44 bits per heavy atom. The van der Waals surface area contributed by atoms with Crippen LogP contribution in [0.2, 0.25) is 0 Å². The van der Waals surface area contributed by atoms with Crippen LogP contribution in [0.15, 0.2) is 24.4 Å². The fourth-order valence-electron chi connectivity index (χ4n) is 2.65. The van der Waals surface area contributed by atoms with Crippen LogP contribution in [0, 0.1) is 18.6 Å². The first-order valence-corrected chi connectivity index (χ1v) is 8.85. The van der Waals surface area contributed by atoms with E-state index < -0.39 is 17.7 Å². The molecule has 1 fully saturated rings. The van der Waals surface area contributed by atoms with Gasteiger partial charge in [-0.1, -0.05) is 6.07 Å². The second kappa shape index (κ2) is 7.88. The van der Waals surface area contributed by atoms with E-state index in [-0.39, 0.29) is 6.03 Å². The third kappa shape index (κ3) is 4.52. The number of amides is 2. The smallest absolute Gasteiger partial charge is 0.317 e. The minimum atomic E-state index is -0.915. The van der Waals surface area contributed by atoms with Gasteiger partial charge in [-0.3, -0.25) is 0 Å². The van der Waals surface area contributed by atoms with Gasteiger partial charge < -0.3 is 15.0 Å². The van der Waals surface area contributed by atoms with E-state index in [1.807, 2.05) is 13.1 Å². The Labute approximate surface area is 148 Å². The van der Waals surface area contributed by atoms with Crippen LogP contribution < -0.4 is 5.32 Å². The van der Waals surface area contributed by atoms with Gasteiger partial charge in [-0.15, -0.1) is 11.3 Å². The molecule has 25 heavy (non-hydrogen) atoms. The summed E-state index contributed by atoms with van der Waals surface area (Å²) in [6, 6.07) is 3.48. The zero-order chi connectivity index (χ0) is 17.8. The molecule has 134 valence electrons. The Morgan fingerprint density at radius 3 is 3.00 bits per heavy atom. The van der Waals surface area contributed by atoms with Gasteiger partial charge in [0, 0.05) is 30.6 Å². The fourth-order valence-corrected chi connectivity index (χ4v) is 3.44. The molecule has 0 spiro atoms. The summed E-state index contributed by atoms with van der Waals surface area (Å²) < 4.78 is 32.0. The molecule has 0 radical (unpaired) electrons. The van der Waals surface area contributed by atoms with Crippen LogP contribution in [0.25, 0.3) is 0 Å². The molecule has 1 aliphatic rings. The monoisotopic (exact) mass is 367 g/mol. The van der Waals surface area contributed by atoms with E-state index in [2.05, 4.69) is 10.3 Å². The number of benzene rings is 1. The van der Waals surface area contributed by atoms with Gasteiger partial charge in [0.25, 0.3) is 0 Å². The van der Waals surface area contributed by atoms with Crippen molar-refractivity contribution in [2.75, 3.05) is 26.2 Å². The summed E-state index contributed by atoms with van der Waals surface area (Å²) in [6.45, 7) is 3.60. The second-order valence-electron chi connectivity index (χ2n) is 5.83. The highest BCUT2D eigenvalue weighted by Gasteiger charge is 2.26. The zero-order valence-electron chi connectivity index (χ0n) is 13.8. The SMILES string of the molecule is Cc1cnc(CCNC(=O)N2CCOC(c3ccc(F)c(F)c3)C2)s1. The first-order valence-electron chi connectivity index (χ1n) is 8.03. The summed E-state index contributed by atoms with van der Waals surface area (Å²) in [5.74, 6) is -1.81. The molecular formula is C17H19F2N3O2S. The molecule has 2 heterocycles. The molecule has 2 amide bonds. The lowest BCUT2D eigenvalue weighted by Crippen LogP contribution is -2.47. The Bertz CT molecular complexity index is 753. The van der Waals surface area contributed by atoms with Crippen molar-refractivity contribution in [1.29, 1.82) is 0 Å². The van der Waals surface area contributed by atoms with Gasteiger partial charge >= 0.3 is 6.03 Å². The highest BCUT2D eigenvalue weighted by atomic mass is 32.1. The van der Waals surface area contributed by atoms with E-state index in [0.29, 0.717) is 38.2 Å². The first-order chi connectivity index (χ1) is 12.0. The molecule has 1 aromatic heterocycles. The lowest BCUT2D eigenvalue weighted by atomic mass is 10.1. The molecule has 3 rings (SSSR count). The van der Waals surface area contributed by atoms with E-state index >= 15 is 0 Å². The quantitative estimate of drug-likeness (QED) is 0.904. The number of thiazole rings is 1. The van der Waals surface area contributed by atoms with Gasteiger partial charge in [0.1, 0.15) is 6.10 Å². The highest BCUT2D eigenvalue weighted by molar-refractivity contribution is 7.11. The van der Waals surface area contributed by atoms with Gasteiger partial charge in [-0.2, -0.15) is 0 Å². The second-order valence-corrected chi connectivity index (χ2v) is 7.14. The molecule has 1 atom stereocenters. The van der Waals surface area contributed by atoms with Crippen LogP contribution in [0.1, 0.15) is 21.6 Å². The summed E-state index contributed by atoms with van der Waals surface area (Å²) in [7, 11) is 0. The minimum Gasteiger partial charge on any atom is -0.370 e. The van der Waals surface area contributed by atoms with Crippen molar-refractivity contribution in [2.24, 2.45) is 0 Å². The first kappa shape index (κ1) is 17.8. The summed E-state index contributed by atoms with van der Waals surface area (Å²) in [5, 5.41) is 3.85. The summed E-state index contributed by atoms with van der Waals surface area (Å²) >= 11 is 1.61. The number of urea groups is 1. The minimum absolute atomic E-state index is 0.191. The number of nitrogens with one attached hydrogen (secondary N) is 1. The summed E-state index contributed by atoms with van der Waals surface area (Å²) in [6.07, 6.45) is 2.04. The normalized spacial score (nSPS) is 17.6. The van der Waals surface area contributed by atoms with E-state index in [4.69, 9.17) is 4.74 Å². The van der Waals surface area contributed by atoms with Crippen LogP contribution in [-0.4, -0.2) is 42.2 Å². The number of hydrogen-bond acceptors (Lipinski definition) is 4. The molecule has 1 unspecified atom stereocenters. The largest absolute Gasteiger partial charge is 0.370 e. The molecule has 1 saturated heterocycles. The number of carbonyl (C=O) groups is 1. The number of morpholine rings is 1. The molecule has 0 bridgehead atoms. The fraction of sp³-hybridized carbons (Fsp3) is 0.412. The predicted octanol–water partition coefficient (Wildman–Crippen LogP) is 3.06. The molecule has 0 aliphatic carbocycles. The molecule has 2 aromatic rings. The lowest BCUT2D eigenvalue weighted by Gasteiger charge is -2.33. The van der Waals surface area contributed by atoms with Crippen molar-refractivity contribution in [1.82, 2.24) is 15.2 Å². The number of aryl methyl sites for hydroxylation is 1. The van der Waals surface area contributed by atoms with Crippen molar-refractivity contribution in [3.05, 3.63) is 51.5 Å². The topological polar surface area (TPSA) is 54.5 Å². The van der Waals surface area contributed by atoms with E-state index in [1.54, 1.807) is 16.2 Å². The van der Waals surface area contributed by atoms with Crippen LogP contribution in [-0.2, 0) is 11.2 Å². The van der Waals surface area contributed by atoms with Gasteiger partial charge in [0.15, 0.2) is 11.6 Å². The predicted molar refractivity (Wildman–Crippen MR) is 90.6 cm³/mol. The average Bonchev–Trinajstić information content (AvgIpc) is 3.02. The van der Waals surface area contributed by atoms with Gasteiger partial charge in [-0.25, -0.2) is 18.6 Å². The Hall–Kier alpha value is -2.06. The third-order valence-electron chi connectivity index (χ3n) is 3.95. The van der Waals surface area contributed by atoms with Gasteiger partial charge in [0.05, 0.1) is 18.2 Å². The van der Waals surface area contributed by atoms with Crippen molar-refractivity contribution in [2.45, 2.75) is 19.4 Å². The van der Waals surface area contributed by atoms with Gasteiger partial charge in [0.2, 0.25) is 0 Å². The lowest BCUT2D eigenvalue weighted by molar-refractivity contribution is -0.0155. The average molecular weight is 367 g/mol. The van der Waals surface area contributed by atoms with Crippen molar-refractivity contribution in [3.8, 4) is 0 Å². The molecule has 1 N–H and O–H groups in total. The van der Waals surface area contributed by atoms with Crippen LogP contribution >= 0.6 is 11.3 Å². The van der Waals surface area contributed by atoms with E-state index in [1.165, 1.54) is 6.07 Å². The number of hydrogen-bond donors (Lipinski definition) is 1. The standard InChI is InChI=1S/C17H19F2N3O2S/c1-11-9-21-16(25-11)4-5-20-17(23)22-6-7-24-15(10-22)12-2-3-13(18)14(19)8-12/h2-3,8-9,15H,4-7,10H2,1H3,(H,20,23). The number of carbonyl (C=O) groups excluding carboxylic acids is 1. The summed E-state index contributed by atoms with van der Waals surface area (Å²) in [5.41, 5.74) is 0.523. The highest BCUT2D eigenvalue weighted by Crippen LogP contribution is 2.23. The van der Waals surface area contributed by atoms with Crippen molar-refractivity contribution < 1.29 is 18.3 Å². The van der Waals surface area contributed by atoms with Crippen molar-refractivity contribution in [3.63, 3.8) is 0 Å². The Balaban J connectivity index is 1.53. The van der Waals surface area contributed by atoms with Crippen LogP contribution in [0.5, 0.6) is 0 Å². The maximum atomic E-state index is 13.4. The number of rotatable bonds is 4. The Kier molecular flexibility index (Phi) is 5.60. The van der Waals surface area contributed by atoms with E-state index in [0.717, 1.165) is 22.0 Å². The summed E-state index contributed by atoms with van der Waals surface area (Å²) in [4.78, 5) is 19.3. The number of halogens is 2. The molecular weight excluding hydrogens is 348 g/mol. The van der Waals surface area contributed by atoms with Gasteiger partial charge in [-0.05, 0) is 24.6 Å². The zero-order valence-corrected chi connectivity index (χ0v) is 14.6. The van der Waals surface area contributed by atoms with Crippen LogP contribution in [0.4, 0.5) is 13.6 Å². The molecule has 8 heteroatoms.